The largest absolute Gasteiger partial charge is 0.850 e. The van der Waals surface area contributed by atoms with Crippen molar-refractivity contribution in [2.24, 2.45) is 0 Å². The van der Waals surface area contributed by atoms with E-state index >= 15 is 0 Å². The summed E-state index contributed by atoms with van der Waals surface area (Å²) in [7, 11) is 1.64. The topological polar surface area (TPSA) is 39.4 Å². The molecule has 4 nitrogen and oxygen atoms in total. The Morgan fingerprint density at radius 2 is 2.10 bits per heavy atom. The lowest BCUT2D eigenvalue weighted by atomic mass is 10.2. The van der Waals surface area contributed by atoms with Crippen molar-refractivity contribution in [1.29, 1.82) is 0 Å². The van der Waals surface area contributed by atoms with Crippen molar-refractivity contribution < 1.29 is 18.8 Å². The summed E-state index contributed by atoms with van der Waals surface area (Å²) in [6.45, 7) is 4.23. The van der Waals surface area contributed by atoms with Gasteiger partial charge in [0.1, 0.15) is 23.7 Å². The molecule has 0 bridgehead atoms. The van der Waals surface area contributed by atoms with Crippen LogP contribution in [0.2, 0.25) is 0 Å². The van der Waals surface area contributed by atoms with E-state index in [-0.39, 0.29) is 6.61 Å². The van der Waals surface area contributed by atoms with Crippen LogP contribution >= 0.6 is 23.1 Å². The number of rotatable bonds is 7. The van der Waals surface area contributed by atoms with E-state index in [1.165, 1.54) is 0 Å². The number of nitrogens with zero attached hydrogens (tertiary/aromatic N) is 2. The number of thioether (sulfide) groups is 1. The minimum absolute atomic E-state index is 0.191. The van der Waals surface area contributed by atoms with E-state index in [0.29, 0.717) is 13.1 Å². The summed E-state index contributed by atoms with van der Waals surface area (Å²) in [5.41, 5.74) is 4.28. The monoisotopic (exact) mass is 455 g/mol. The van der Waals surface area contributed by atoms with Gasteiger partial charge in [-0.05, 0) is 55.3 Å². The zero-order valence-corrected chi connectivity index (χ0v) is 19.5. The highest BCUT2D eigenvalue weighted by atomic mass is 32.2. The molecule has 0 aliphatic carbocycles. The third-order valence-corrected chi connectivity index (χ3v) is 7.37. The predicted molar refractivity (Wildman–Crippen MR) is 126 cm³/mol. The van der Waals surface area contributed by atoms with Crippen LogP contribution < -0.4 is 19.3 Å². The summed E-state index contributed by atoms with van der Waals surface area (Å²) in [5.74, 6) is 0.775. The molecule has 0 amide bonds. The van der Waals surface area contributed by atoms with Crippen LogP contribution in [0.5, 0.6) is 5.75 Å². The van der Waals surface area contributed by atoms with Gasteiger partial charge in [-0.15, -0.1) is 0 Å². The smallest absolute Gasteiger partial charge is 0.262 e. The molecule has 1 aliphatic rings. The number of fused-ring (bicyclic) bond motifs is 2. The van der Waals surface area contributed by atoms with Gasteiger partial charge in [0.05, 0.1) is 30.4 Å². The number of benzene rings is 2. The third-order valence-electron chi connectivity index (χ3n) is 5.15. The zero-order valence-electron chi connectivity index (χ0n) is 17.9. The van der Waals surface area contributed by atoms with Crippen LogP contribution in [0, 0.1) is 6.92 Å². The Morgan fingerprint density at radius 3 is 2.84 bits per heavy atom. The van der Waals surface area contributed by atoms with E-state index < -0.39 is 6.67 Å². The average molecular weight is 456 g/mol. The lowest BCUT2D eigenvalue weighted by molar-refractivity contribution is -0.685. The lowest BCUT2D eigenvalue weighted by Gasteiger charge is -2.19. The molecule has 0 atom stereocenters. The van der Waals surface area contributed by atoms with Crippen LogP contribution in [-0.4, -0.2) is 26.9 Å². The first-order valence-corrected chi connectivity index (χ1v) is 11.8. The SMILES string of the molecule is COc1ccc2sc(/C=C(C)/C=C3\Sc4ccc(C)cc4N3CC[18F])[n+](CC[O-])c2c1. The van der Waals surface area contributed by atoms with Gasteiger partial charge >= 0.3 is 0 Å². The lowest BCUT2D eigenvalue weighted by Crippen LogP contribution is -2.39. The second-order valence-corrected chi connectivity index (χ2v) is 9.54. The van der Waals surface area contributed by atoms with E-state index in [2.05, 4.69) is 41.8 Å². The fourth-order valence-corrected chi connectivity index (χ4v) is 6.06. The number of alkyl halides is 1. The Balaban J connectivity index is 1.71. The second-order valence-electron chi connectivity index (χ2n) is 7.41. The zero-order chi connectivity index (χ0) is 22.0. The van der Waals surface area contributed by atoms with Crippen molar-refractivity contribution in [1.82, 2.24) is 0 Å². The maximum absolute atomic E-state index is 13.3. The molecule has 0 unspecified atom stereocenters. The minimum Gasteiger partial charge on any atom is -0.850 e. The average Bonchev–Trinajstić information content (AvgIpc) is 3.26. The first-order chi connectivity index (χ1) is 15.0. The molecule has 0 fully saturated rings. The van der Waals surface area contributed by atoms with Gasteiger partial charge in [-0.25, -0.2) is 4.39 Å². The van der Waals surface area contributed by atoms with Crippen molar-refractivity contribution in [3.05, 3.63) is 63.6 Å². The fraction of sp³-hybridized carbons (Fsp3) is 0.292. The molecular formula is C24H25FN2O2S2. The van der Waals surface area contributed by atoms with Gasteiger partial charge in [0, 0.05) is 11.0 Å². The van der Waals surface area contributed by atoms with Gasteiger partial charge in [-0.1, -0.05) is 35.8 Å². The first-order valence-electron chi connectivity index (χ1n) is 10.1. The summed E-state index contributed by atoms with van der Waals surface area (Å²) >= 11 is 3.32. The molecule has 2 heterocycles. The molecule has 31 heavy (non-hydrogen) atoms. The molecule has 2 aromatic carbocycles. The van der Waals surface area contributed by atoms with E-state index in [4.69, 9.17) is 4.74 Å². The van der Waals surface area contributed by atoms with Gasteiger partial charge in [-0.2, -0.15) is 4.57 Å². The number of allylic oxidation sites excluding steroid dienone is 2. The Kier molecular flexibility index (Phi) is 6.65. The van der Waals surface area contributed by atoms with E-state index in [1.807, 2.05) is 30.0 Å². The Morgan fingerprint density at radius 1 is 1.26 bits per heavy atom. The normalized spacial score (nSPS) is 15.2. The summed E-state index contributed by atoms with van der Waals surface area (Å²) in [5, 5.41) is 13.5. The highest BCUT2D eigenvalue weighted by molar-refractivity contribution is 8.03. The van der Waals surface area contributed by atoms with Gasteiger partial charge in [0.2, 0.25) is 5.52 Å². The predicted octanol–water partition coefficient (Wildman–Crippen LogP) is 4.69. The third kappa shape index (κ3) is 4.49. The van der Waals surface area contributed by atoms with E-state index in [0.717, 1.165) is 47.7 Å². The number of aromatic nitrogens is 1. The van der Waals surface area contributed by atoms with E-state index in [1.54, 1.807) is 30.2 Å². The van der Waals surface area contributed by atoms with Crippen LogP contribution in [0.1, 0.15) is 17.5 Å². The number of methoxy groups -OCH3 is 1. The Hall–Kier alpha value is -2.35. The standard InChI is InChI=1S/C24H25FN2O2S2/c1-16-4-6-21-19(12-16)26(9-8-25)23(30-21)13-17(2)14-24-27(10-11-28)20-15-18(29-3)5-7-22(20)31-24/h4-7,12-15H,8-11H2,1-3H3/i25-1. The molecule has 1 aliphatic heterocycles. The van der Waals surface area contributed by atoms with Crippen molar-refractivity contribution in [2.75, 3.05) is 31.8 Å². The van der Waals surface area contributed by atoms with Crippen molar-refractivity contribution in [3.63, 3.8) is 0 Å². The number of thiazole rings is 1. The molecular weight excluding hydrogens is 430 g/mol. The quantitative estimate of drug-likeness (QED) is 0.485. The summed E-state index contributed by atoms with van der Waals surface area (Å²) in [4.78, 5) is 3.19. The van der Waals surface area contributed by atoms with Gasteiger partial charge in [-0.3, -0.25) is 0 Å². The first kappa shape index (κ1) is 21.9. The van der Waals surface area contributed by atoms with Crippen LogP contribution in [0.25, 0.3) is 16.3 Å². The number of aryl methyl sites for hydroxylation is 1. The molecule has 162 valence electrons. The molecule has 4 rings (SSSR count). The Bertz CT molecular complexity index is 1170. The maximum atomic E-state index is 13.3. The van der Waals surface area contributed by atoms with Crippen molar-refractivity contribution >= 4 is 45.1 Å². The summed E-state index contributed by atoms with van der Waals surface area (Å²) in [6, 6.07) is 12.2. The molecule has 1 aromatic heterocycles. The second kappa shape index (κ2) is 9.42. The van der Waals surface area contributed by atoms with Crippen molar-refractivity contribution in [3.8, 4) is 5.75 Å². The summed E-state index contributed by atoms with van der Waals surface area (Å²) < 4.78 is 21.8. The number of ether oxygens (including phenoxy) is 1. The highest BCUT2D eigenvalue weighted by Crippen LogP contribution is 2.46. The van der Waals surface area contributed by atoms with Crippen molar-refractivity contribution in [2.45, 2.75) is 25.3 Å². The van der Waals surface area contributed by atoms with Crippen LogP contribution in [0.3, 0.4) is 0 Å². The summed E-state index contributed by atoms with van der Waals surface area (Å²) in [6.07, 6.45) is 4.20. The molecule has 0 saturated carbocycles. The van der Waals surface area contributed by atoms with Crippen LogP contribution in [-0.2, 0) is 6.54 Å². The van der Waals surface area contributed by atoms with Gasteiger partial charge < -0.3 is 14.7 Å². The number of hydrogen-bond acceptors (Lipinski definition) is 5. The highest BCUT2D eigenvalue weighted by Gasteiger charge is 2.25. The number of hydrogen-bond donors (Lipinski definition) is 0. The molecule has 3 aromatic rings. The van der Waals surface area contributed by atoms with Crippen LogP contribution in [0.15, 0.2) is 58.0 Å². The minimum atomic E-state index is -0.407. The fourth-order valence-electron chi connectivity index (χ4n) is 3.70. The van der Waals surface area contributed by atoms with Gasteiger partial charge in [0.15, 0.2) is 0 Å². The Labute approximate surface area is 190 Å². The number of anilines is 1. The van der Waals surface area contributed by atoms with E-state index in [9.17, 15) is 9.50 Å². The molecule has 0 saturated heterocycles. The molecule has 0 spiro atoms. The van der Waals surface area contributed by atoms with Crippen LogP contribution in [0.4, 0.5) is 10.1 Å². The molecule has 0 radical (unpaired) electrons. The van der Waals surface area contributed by atoms with Gasteiger partial charge in [0.25, 0.3) is 5.01 Å². The molecule has 0 N–H and O–H groups in total. The maximum Gasteiger partial charge on any atom is 0.262 e. The molecule has 7 heteroatoms. The number of halogens is 1.